The van der Waals surface area contributed by atoms with Crippen molar-refractivity contribution < 1.29 is 4.79 Å². The Labute approximate surface area is 108 Å². The Hall–Kier alpha value is -2.76. The van der Waals surface area contributed by atoms with Crippen LogP contribution in [0.25, 0.3) is 16.9 Å². The zero-order chi connectivity index (χ0) is 13.4. The Balaban J connectivity index is 2.37. The first-order valence-electron chi connectivity index (χ1n) is 5.74. The number of aryl methyl sites for hydroxylation is 1. The second-order valence-electron chi connectivity index (χ2n) is 4.08. The smallest absolute Gasteiger partial charge is 0.271 e. The van der Waals surface area contributed by atoms with Gasteiger partial charge in [-0.25, -0.2) is 15.0 Å². The van der Waals surface area contributed by atoms with Gasteiger partial charge in [0.05, 0.1) is 11.0 Å². The number of para-hydroxylation sites is 2. The average molecular weight is 253 g/mol. The Morgan fingerprint density at radius 1 is 1.21 bits per heavy atom. The maximum atomic E-state index is 11.5. The van der Waals surface area contributed by atoms with Crippen molar-refractivity contribution in [2.75, 3.05) is 0 Å². The van der Waals surface area contributed by atoms with Crippen molar-refractivity contribution in [2.45, 2.75) is 6.92 Å². The van der Waals surface area contributed by atoms with Crippen LogP contribution in [0, 0.1) is 6.92 Å². The molecule has 2 aromatic heterocycles. The summed E-state index contributed by atoms with van der Waals surface area (Å²) in [5.74, 6) is 0.519. The Kier molecular flexibility index (Phi) is 2.49. The molecule has 0 bridgehead atoms. The maximum absolute atomic E-state index is 11.5. The van der Waals surface area contributed by atoms with Crippen LogP contribution < -0.4 is 5.73 Å². The minimum atomic E-state index is -0.611. The number of benzene rings is 1. The number of hydrogen-bond donors (Lipinski definition) is 1. The van der Waals surface area contributed by atoms with Crippen molar-refractivity contribution in [3.8, 4) is 5.82 Å². The van der Waals surface area contributed by atoms with E-state index < -0.39 is 5.91 Å². The molecule has 2 heterocycles. The number of imidazole rings is 1. The van der Waals surface area contributed by atoms with Gasteiger partial charge in [-0.1, -0.05) is 12.1 Å². The van der Waals surface area contributed by atoms with Crippen LogP contribution in [0.3, 0.4) is 0 Å². The van der Waals surface area contributed by atoms with Gasteiger partial charge in [0.2, 0.25) is 0 Å². The number of carbonyl (C=O) groups excluding carboxylic acids is 1. The Morgan fingerprint density at radius 3 is 2.74 bits per heavy atom. The van der Waals surface area contributed by atoms with Crippen molar-refractivity contribution in [2.24, 2.45) is 5.73 Å². The Morgan fingerprint density at radius 2 is 1.95 bits per heavy atom. The van der Waals surface area contributed by atoms with Crippen LogP contribution in [0.2, 0.25) is 0 Å². The van der Waals surface area contributed by atoms with E-state index in [-0.39, 0.29) is 5.69 Å². The first kappa shape index (κ1) is 11.3. The quantitative estimate of drug-likeness (QED) is 0.744. The maximum Gasteiger partial charge on any atom is 0.271 e. The summed E-state index contributed by atoms with van der Waals surface area (Å²) in [5.41, 5.74) is 7.17. The molecule has 94 valence electrons. The van der Waals surface area contributed by atoms with Crippen LogP contribution in [0.15, 0.2) is 36.7 Å². The molecule has 0 aliphatic carbocycles. The fraction of sp³-hybridized carbons (Fsp3) is 0.0769. The minimum Gasteiger partial charge on any atom is -0.364 e. The van der Waals surface area contributed by atoms with Gasteiger partial charge in [0.15, 0.2) is 11.5 Å². The largest absolute Gasteiger partial charge is 0.364 e. The SMILES string of the molecule is Cc1nc2ccccc2n1-c1nccnc1C(N)=O. The molecular formula is C13H11N5O. The number of nitrogens with two attached hydrogens (primary N) is 1. The number of rotatable bonds is 2. The summed E-state index contributed by atoms with van der Waals surface area (Å²) in [6.45, 7) is 1.85. The van der Waals surface area contributed by atoms with E-state index in [4.69, 9.17) is 5.73 Å². The Bertz CT molecular complexity index is 778. The molecule has 3 aromatic rings. The van der Waals surface area contributed by atoms with Crippen molar-refractivity contribution in [1.82, 2.24) is 19.5 Å². The monoisotopic (exact) mass is 253 g/mol. The van der Waals surface area contributed by atoms with E-state index in [2.05, 4.69) is 15.0 Å². The third-order valence-electron chi connectivity index (χ3n) is 2.85. The molecule has 1 amide bonds. The molecule has 0 atom stereocenters. The topological polar surface area (TPSA) is 86.7 Å². The van der Waals surface area contributed by atoms with Crippen LogP contribution in [-0.4, -0.2) is 25.4 Å². The van der Waals surface area contributed by atoms with E-state index in [1.54, 1.807) is 4.57 Å². The number of fused-ring (bicyclic) bond motifs is 1. The third-order valence-corrected chi connectivity index (χ3v) is 2.85. The van der Waals surface area contributed by atoms with Crippen LogP contribution >= 0.6 is 0 Å². The average Bonchev–Trinajstić information content (AvgIpc) is 2.74. The van der Waals surface area contributed by atoms with E-state index in [1.807, 2.05) is 31.2 Å². The number of hydrogen-bond acceptors (Lipinski definition) is 4. The van der Waals surface area contributed by atoms with Gasteiger partial charge in [-0.2, -0.15) is 0 Å². The van der Waals surface area contributed by atoms with Crippen molar-refractivity contribution in [3.63, 3.8) is 0 Å². The fourth-order valence-electron chi connectivity index (χ4n) is 2.08. The third kappa shape index (κ3) is 1.74. The number of carbonyl (C=O) groups is 1. The van der Waals surface area contributed by atoms with Crippen LogP contribution in [-0.2, 0) is 0 Å². The molecule has 0 aliphatic rings. The van der Waals surface area contributed by atoms with Gasteiger partial charge in [-0.05, 0) is 19.1 Å². The summed E-state index contributed by atoms with van der Waals surface area (Å²) in [6.07, 6.45) is 2.97. The predicted molar refractivity (Wildman–Crippen MR) is 69.9 cm³/mol. The highest BCUT2D eigenvalue weighted by atomic mass is 16.1. The molecule has 0 saturated carbocycles. The van der Waals surface area contributed by atoms with E-state index in [9.17, 15) is 4.79 Å². The molecular weight excluding hydrogens is 242 g/mol. The van der Waals surface area contributed by atoms with E-state index in [0.717, 1.165) is 16.9 Å². The number of primary amides is 1. The lowest BCUT2D eigenvalue weighted by atomic mass is 10.3. The highest BCUT2D eigenvalue weighted by Crippen LogP contribution is 2.20. The van der Waals surface area contributed by atoms with E-state index >= 15 is 0 Å². The van der Waals surface area contributed by atoms with E-state index in [1.165, 1.54) is 12.4 Å². The van der Waals surface area contributed by atoms with Crippen LogP contribution in [0.5, 0.6) is 0 Å². The van der Waals surface area contributed by atoms with Crippen LogP contribution in [0.4, 0.5) is 0 Å². The molecule has 2 N–H and O–H groups in total. The summed E-state index contributed by atoms with van der Waals surface area (Å²) < 4.78 is 1.78. The molecule has 0 aliphatic heterocycles. The summed E-state index contributed by atoms with van der Waals surface area (Å²) >= 11 is 0. The van der Waals surface area contributed by atoms with E-state index in [0.29, 0.717) is 5.82 Å². The summed E-state index contributed by atoms with van der Waals surface area (Å²) in [6, 6.07) is 7.62. The summed E-state index contributed by atoms with van der Waals surface area (Å²) in [4.78, 5) is 24.1. The minimum absolute atomic E-state index is 0.133. The first-order valence-corrected chi connectivity index (χ1v) is 5.74. The van der Waals surface area contributed by atoms with Crippen molar-refractivity contribution in [3.05, 3.63) is 48.2 Å². The number of amides is 1. The van der Waals surface area contributed by atoms with Gasteiger partial charge in [-0.3, -0.25) is 9.36 Å². The second-order valence-corrected chi connectivity index (χ2v) is 4.08. The van der Waals surface area contributed by atoms with Gasteiger partial charge >= 0.3 is 0 Å². The molecule has 6 heteroatoms. The molecule has 3 rings (SSSR count). The second kappa shape index (κ2) is 4.16. The molecule has 0 radical (unpaired) electrons. The highest BCUT2D eigenvalue weighted by Gasteiger charge is 2.17. The number of nitrogens with zero attached hydrogens (tertiary/aromatic N) is 4. The number of aromatic nitrogens is 4. The molecule has 0 fully saturated rings. The van der Waals surface area contributed by atoms with Crippen molar-refractivity contribution >= 4 is 16.9 Å². The molecule has 0 spiro atoms. The standard InChI is InChI=1S/C13H11N5O/c1-8-17-9-4-2-3-5-10(9)18(8)13-11(12(14)19)15-6-7-16-13/h2-7H,1H3,(H2,14,19). The van der Waals surface area contributed by atoms with Gasteiger partial charge in [0.25, 0.3) is 5.91 Å². The first-order chi connectivity index (χ1) is 9.18. The van der Waals surface area contributed by atoms with Gasteiger partial charge in [0.1, 0.15) is 5.82 Å². The lowest BCUT2D eigenvalue weighted by molar-refractivity contribution is 0.0995. The van der Waals surface area contributed by atoms with Crippen molar-refractivity contribution in [1.29, 1.82) is 0 Å². The molecule has 6 nitrogen and oxygen atoms in total. The summed E-state index contributed by atoms with van der Waals surface area (Å²) in [7, 11) is 0. The van der Waals surface area contributed by atoms with Gasteiger partial charge in [0, 0.05) is 12.4 Å². The zero-order valence-electron chi connectivity index (χ0n) is 10.2. The fourth-order valence-corrected chi connectivity index (χ4v) is 2.08. The normalized spacial score (nSPS) is 10.8. The lowest BCUT2D eigenvalue weighted by Crippen LogP contribution is -2.18. The molecule has 0 unspecified atom stereocenters. The van der Waals surface area contributed by atoms with Gasteiger partial charge in [-0.15, -0.1) is 0 Å². The molecule has 0 saturated heterocycles. The highest BCUT2D eigenvalue weighted by molar-refractivity contribution is 5.94. The lowest BCUT2D eigenvalue weighted by Gasteiger charge is -2.08. The molecule has 19 heavy (non-hydrogen) atoms. The molecule has 1 aromatic carbocycles. The van der Waals surface area contributed by atoms with Gasteiger partial charge < -0.3 is 5.73 Å². The predicted octanol–water partition coefficient (Wildman–Crippen LogP) is 1.22. The summed E-state index contributed by atoms with van der Waals surface area (Å²) in [5, 5.41) is 0. The zero-order valence-corrected chi connectivity index (χ0v) is 10.2. The van der Waals surface area contributed by atoms with Crippen LogP contribution in [0.1, 0.15) is 16.3 Å².